The number of ether oxygens (including phenoxy) is 2. The van der Waals surface area contributed by atoms with E-state index in [4.69, 9.17) is 9.47 Å². The Balaban J connectivity index is 1.53. The van der Waals surface area contributed by atoms with Gasteiger partial charge in [-0.1, -0.05) is 32.8 Å². The lowest BCUT2D eigenvalue weighted by molar-refractivity contribution is -0.131. The lowest BCUT2D eigenvalue weighted by Crippen LogP contribution is -2.19. The quantitative estimate of drug-likeness (QED) is 0.227. The molecule has 4 rings (SSSR count). The van der Waals surface area contributed by atoms with E-state index in [1.807, 2.05) is 13.0 Å². The third-order valence-electron chi connectivity index (χ3n) is 6.92. The Labute approximate surface area is 196 Å². The van der Waals surface area contributed by atoms with Gasteiger partial charge in [0.05, 0.1) is 6.61 Å². The van der Waals surface area contributed by atoms with Crippen LogP contribution < -0.4 is 9.47 Å². The number of carbonyl (C=O) groups is 1. The molecule has 182 valence electrons. The van der Waals surface area contributed by atoms with Gasteiger partial charge < -0.3 is 9.47 Å². The van der Waals surface area contributed by atoms with E-state index in [-0.39, 0.29) is 18.3 Å². The molecule has 3 atom stereocenters. The van der Waals surface area contributed by atoms with Crippen LogP contribution in [0, 0.1) is 41.0 Å². The fourth-order valence-corrected chi connectivity index (χ4v) is 5.31. The minimum absolute atomic E-state index is 0.0849. The summed E-state index contributed by atoms with van der Waals surface area (Å²) in [4.78, 5) is 12.8. The number of esters is 1. The Morgan fingerprint density at radius 1 is 0.882 bits per heavy atom. The fourth-order valence-electron chi connectivity index (χ4n) is 5.31. The Morgan fingerprint density at radius 3 is 2.18 bits per heavy atom. The highest BCUT2D eigenvalue weighted by Crippen LogP contribution is 2.49. The molecular formula is C27H28F4O3. The monoisotopic (exact) mass is 476 g/mol. The first-order valence-electron chi connectivity index (χ1n) is 11.9. The van der Waals surface area contributed by atoms with E-state index in [0.717, 1.165) is 50.3 Å². The summed E-state index contributed by atoms with van der Waals surface area (Å²) in [7, 11) is 0. The summed E-state index contributed by atoms with van der Waals surface area (Å²) in [6.45, 7) is 4.14. The molecule has 7 heteroatoms. The maximum absolute atomic E-state index is 14.8. The average molecular weight is 477 g/mol. The van der Waals surface area contributed by atoms with Gasteiger partial charge in [0.15, 0.2) is 23.1 Å². The molecule has 0 heterocycles. The zero-order valence-corrected chi connectivity index (χ0v) is 19.3. The maximum atomic E-state index is 14.8. The summed E-state index contributed by atoms with van der Waals surface area (Å²) in [6, 6.07) is 4.43. The fraction of sp³-hybridized carbons (Fsp3) is 0.444. The lowest BCUT2D eigenvalue weighted by atomic mass is 9.87. The number of hydrogen-bond acceptors (Lipinski definition) is 3. The van der Waals surface area contributed by atoms with Crippen LogP contribution in [-0.2, 0) is 4.79 Å². The molecule has 1 fully saturated rings. The standard InChI is InChI=1S/C27H28F4O3/c1-3-5-15-6-7-17-16(15)8-9-20(17)27(32)34-22-13-11-19(24(29)26(22)31)18-10-12-21(33-14-4-2)25(30)23(18)28/h9-13,15-17H,3-8,14H2,1-2H3. The van der Waals surface area contributed by atoms with Gasteiger partial charge in [-0.3, -0.25) is 0 Å². The van der Waals surface area contributed by atoms with Crippen LogP contribution in [0.2, 0.25) is 0 Å². The van der Waals surface area contributed by atoms with Gasteiger partial charge in [0.1, 0.15) is 0 Å². The molecule has 1 saturated carbocycles. The second kappa shape index (κ2) is 10.2. The van der Waals surface area contributed by atoms with Crippen LogP contribution in [0.3, 0.4) is 0 Å². The topological polar surface area (TPSA) is 35.5 Å². The van der Waals surface area contributed by atoms with Gasteiger partial charge in [0.25, 0.3) is 0 Å². The molecule has 0 N–H and O–H groups in total. The summed E-state index contributed by atoms with van der Waals surface area (Å²) in [5.41, 5.74) is -0.415. The molecule has 3 unspecified atom stereocenters. The van der Waals surface area contributed by atoms with Crippen molar-refractivity contribution in [3.8, 4) is 22.6 Å². The third-order valence-corrected chi connectivity index (χ3v) is 6.92. The number of hydrogen-bond donors (Lipinski definition) is 0. The minimum atomic E-state index is -1.43. The second-order valence-corrected chi connectivity index (χ2v) is 9.01. The van der Waals surface area contributed by atoms with Crippen molar-refractivity contribution in [3.63, 3.8) is 0 Å². The van der Waals surface area contributed by atoms with Gasteiger partial charge in [0, 0.05) is 16.7 Å². The van der Waals surface area contributed by atoms with Crippen molar-refractivity contribution >= 4 is 5.97 Å². The summed E-state index contributed by atoms with van der Waals surface area (Å²) < 4.78 is 68.9. The lowest BCUT2D eigenvalue weighted by Gasteiger charge is -2.19. The SMILES string of the molecule is CCCOc1ccc(-c2ccc(OC(=O)C3=CCC4C(CCC)CCC34)c(F)c2F)c(F)c1F. The number of benzene rings is 2. The van der Waals surface area contributed by atoms with Crippen molar-refractivity contribution in [1.29, 1.82) is 0 Å². The van der Waals surface area contributed by atoms with Gasteiger partial charge in [-0.25, -0.2) is 13.6 Å². The minimum Gasteiger partial charge on any atom is -0.490 e. The number of fused-ring (bicyclic) bond motifs is 1. The molecule has 0 saturated heterocycles. The van der Waals surface area contributed by atoms with Crippen molar-refractivity contribution in [2.45, 2.75) is 52.4 Å². The first-order valence-corrected chi connectivity index (χ1v) is 11.9. The first kappa shape index (κ1) is 24.3. The van der Waals surface area contributed by atoms with Crippen LogP contribution in [0.1, 0.15) is 52.4 Å². The van der Waals surface area contributed by atoms with Crippen molar-refractivity contribution in [1.82, 2.24) is 0 Å². The van der Waals surface area contributed by atoms with E-state index in [2.05, 4.69) is 6.92 Å². The highest BCUT2D eigenvalue weighted by Gasteiger charge is 2.43. The van der Waals surface area contributed by atoms with Crippen molar-refractivity contribution < 1.29 is 31.8 Å². The van der Waals surface area contributed by atoms with Gasteiger partial charge in [-0.2, -0.15) is 8.78 Å². The smallest absolute Gasteiger partial charge is 0.339 e. The van der Waals surface area contributed by atoms with Gasteiger partial charge in [-0.05, 0) is 67.7 Å². The van der Waals surface area contributed by atoms with Crippen molar-refractivity contribution in [2.24, 2.45) is 17.8 Å². The number of carbonyl (C=O) groups excluding carboxylic acids is 1. The normalized spacial score (nSPS) is 21.4. The van der Waals surface area contributed by atoms with Crippen molar-refractivity contribution in [3.05, 3.63) is 59.2 Å². The van der Waals surface area contributed by atoms with Crippen LogP contribution in [0.4, 0.5) is 17.6 Å². The largest absolute Gasteiger partial charge is 0.490 e. The number of halogens is 4. The van der Waals surface area contributed by atoms with E-state index < -0.39 is 46.1 Å². The van der Waals surface area contributed by atoms with Crippen LogP contribution in [0.5, 0.6) is 11.5 Å². The summed E-state index contributed by atoms with van der Waals surface area (Å²) in [5.74, 6) is -5.99. The van der Waals surface area contributed by atoms with Gasteiger partial charge in [-0.15, -0.1) is 0 Å². The molecule has 0 spiro atoms. The molecule has 3 nitrogen and oxygen atoms in total. The van der Waals surface area contributed by atoms with E-state index in [0.29, 0.717) is 23.8 Å². The molecule has 0 aromatic heterocycles. The van der Waals surface area contributed by atoms with Crippen LogP contribution in [0.15, 0.2) is 35.9 Å². The van der Waals surface area contributed by atoms with E-state index in [9.17, 15) is 22.4 Å². The Bertz CT molecular complexity index is 1110. The molecule has 0 radical (unpaired) electrons. The van der Waals surface area contributed by atoms with Crippen molar-refractivity contribution in [2.75, 3.05) is 6.61 Å². The Kier molecular flexibility index (Phi) is 7.29. The van der Waals surface area contributed by atoms with Gasteiger partial charge in [0.2, 0.25) is 11.6 Å². The number of allylic oxidation sites excluding steroid dienone is 1. The Morgan fingerprint density at radius 2 is 1.53 bits per heavy atom. The predicted octanol–water partition coefficient (Wildman–Crippen LogP) is 7.38. The zero-order chi connectivity index (χ0) is 24.4. The zero-order valence-electron chi connectivity index (χ0n) is 19.3. The molecule has 0 amide bonds. The summed E-state index contributed by atoms with van der Waals surface area (Å²) in [6.07, 6.45) is 7.37. The second-order valence-electron chi connectivity index (χ2n) is 9.01. The average Bonchev–Trinajstić information content (AvgIpc) is 3.42. The van der Waals surface area contributed by atoms with Crippen LogP contribution >= 0.6 is 0 Å². The predicted molar refractivity (Wildman–Crippen MR) is 120 cm³/mol. The number of rotatable bonds is 8. The molecule has 0 bridgehead atoms. The molecular weight excluding hydrogens is 448 g/mol. The molecule has 2 aromatic rings. The first-order chi connectivity index (χ1) is 16.4. The van der Waals surface area contributed by atoms with Crippen LogP contribution in [-0.4, -0.2) is 12.6 Å². The van der Waals surface area contributed by atoms with E-state index in [1.54, 1.807) is 0 Å². The molecule has 34 heavy (non-hydrogen) atoms. The summed E-state index contributed by atoms with van der Waals surface area (Å²) >= 11 is 0. The highest BCUT2D eigenvalue weighted by molar-refractivity contribution is 5.91. The maximum Gasteiger partial charge on any atom is 0.339 e. The molecule has 2 aliphatic rings. The summed E-state index contributed by atoms with van der Waals surface area (Å²) in [5, 5.41) is 0. The third kappa shape index (κ3) is 4.44. The highest BCUT2D eigenvalue weighted by atomic mass is 19.2. The van der Waals surface area contributed by atoms with Gasteiger partial charge >= 0.3 is 5.97 Å². The molecule has 2 aliphatic carbocycles. The van der Waals surface area contributed by atoms with E-state index in [1.165, 1.54) is 6.07 Å². The molecule has 2 aromatic carbocycles. The van der Waals surface area contributed by atoms with Crippen LogP contribution in [0.25, 0.3) is 11.1 Å². The molecule has 0 aliphatic heterocycles. The Hall–Kier alpha value is -2.83. The van der Waals surface area contributed by atoms with E-state index >= 15 is 0 Å².